The van der Waals surface area contributed by atoms with Gasteiger partial charge in [-0.05, 0) is 47.4 Å². The van der Waals surface area contributed by atoms with Gasteiger partial charge >= 0.3 is 0 Å². The second kappa shape index (κ2) is 7.02. The topological polar surface area (TPSA) is 80.5 Å². The van der Waals surface area contributed by atoms with E-state index in [1.165, 1.54) is 0 Å². The van der Waals surface area contributed by atoms with Crippen LogP contribution in [0.3, 0.4) is 0 Å². The number of rotatable bonds is 2. The quantitative estimate of drug-likeness (QED) is 0.641. The van der Waals surface area contributed by atoms with E-state index in [2.05, 4.69) is 15.2 Å². The van der Waals surface area contributed by atoms with Crippen LogP contribution in [-0.2, 0) is 6.42 Å². The second-order valence-corrected chi connectivity index (χ2v) is 7.59. The number of hydrogen-bond acceptors (Lipinski definition) is 5. The third-order valence-corrected chi connectivity index (χ3v) is 5.71. The van der Waals surface area contributed by atoms with Crippen LogP contribution in [-0.4, -0.2) is 37.6 Å². The fourth-order valence-corrected chi connectivity index (χ4v) is 4.06. The van der Waals surface area contributed by atoms with E-state index in [4.69, 9.17) is 10.5 Å². The molecular weight excluding hydrogens is 383 g/mol. The van der Waals surface area contributed by atoms with Crippen LogP contribution in [0.15, 0.2) is 42.5 Å². The first-order chi connectivity index (χ1) is 14.5. The summed E-state index contributed by atoms with van der Waals surface area (Å²) in [5.41, 5.74) is 11.1. The van der Waals surface area contributed by atoms with Gasteiger partial charge in [0.1, 0.15) is 18.2 Å². The average molecular weight is 404 g/mol. The maximum Gasteiger partial charge on any atom is 0.251 e. The van der Waals surface area contributed by atoms with E-state index in [-0.39, 0.29) is 11.7 Å². The number of likely N-dealkylation sites (N-methyl/N-ethyl adjacent to an activating group) is 1. The van der Waals surface area contributed by atoms with E-state index in [1.54, 1.807) is 12.1 Å². The second-order valence-electron chi connectivity index (χ2n) is 7.59. The molecule has 0 unspecified atom stereocenters. The van der Waals surface area contributed by atoms with Gasteiger partial charge in [-0.15, -0.1) is 0 Å². The molecule has 6 nitrogen and oxygen atoms in total. The summed E-state index contributed by atoms with van der Waals surface area (Å²) in [5.74, 6) is 0.134. The number of nitrogen functional groups attached to an aromatic ring is 1. The van der Waals surface area contributed by atoms with Crippen LogP contribution in [0.5, 0.6) is 5.75 Å². The third kappa shape index (κ3) is 3.03. The number of nitrogens with zero attached hydrogens (tertiary/aromatic N) is 2. The molecule has 3 N–H and O–H groups in total. The van der Waals surface area contributed by atoms with Gasteiger partial charge in [0, 0.05) is 30.3 Å². The van der Waals surface area contributed by atoms with Crippen LogP contribution in [0.1, 0.15) is 15.9 Å². The molecule has 7 heteroatoms. The first-order valence-electron chi connectivity index (χ1n) is 9.87. The summed E-state index contributed by atoms with van der Waals surface area (Å²) in [6, 6.07) is 12.9. The number of ether oxygens (including phenoxy) is 1. The summed E-state index contributed by atoms with van der Waals surface area (Å²) in [6.07, 6.45) is 0.742. The summed E-state index contributed by atoms with van der Waals surface area (Å²) in [6.45, 7) is 2.00. The maximum absolute atomic E-state index is 14.8. The van der Waals surface area contributed by atoms with E-state index in [9.17, 15) is 9.18 Å². The lowest BCUT2D eigenvalue weighted by Gasteiger charge is -2.28. The molecule has 1 amide bonds. The fraction of sp³-hybridized carbons (Fsp3) is 0.217. The molecule has 152 valence electrons. The molecule has 0 saturated heterocycles. The number of amides is 1. The number of carbonyl (C=O) groups excluding carboxylic acids is 1. The van der Waals surface area contributed by atoms with Crippen molar-refractivity contribution in [1.82, 2.24) is 10.3 Å². The summed E-state index contributed by atoms with van der Waals surface area (Å²) in [4.78, 5) is 18.1. The first kappa shape index (κ1) is 18.4. The molecule has 5 rings (SSSR count). The van der Waals surface area contributed by atoms with Crippen LogP contribution < -0.4 is 20.7 Å². The minimum absolute atomic E-state index is 0.0762. The van der Waals surface area contributed by atoms with Crippen molar-refractivity contribution in [3.63, 3.8) is 0 Å². The number of carbonyl (C=O) groups is 1. The predicted octanol–water partition coefficient (Wildman–Crippen LogP) is 3.25. The monoisotopic (exact) mass is 404 g/mol. The molecule has 0 radical (unpaired) electrons. The maximum atomic E-state index is 14.8. The van der Waals surface area contributed by atoms with Gasteiger partial charge in [0.2, 0.25) is 5.95 Å². The van der Waals surface area contributed by atoms with Crippen LogP contribution in [0.2, 0.25) is 0 Å². The van der Waals surface area contributed by atoms with Crippen LogP contribution in [0.4, 0.5) is 15.9 Å². The van der Waals surface area contributed by atoms with Crippen LogP contribution in [0.25, 0.3) is 22.3 Å². The highest BCUT2D eigenvalue weighted by molar-refractivity contribution is 5.97. The van der Waals surface area contributed by atoms with Crippen molar-refractivity contribution in [2.24, 2.45) is 0 Å². The molecule has 0 aliphatic carbocycles. The normalized spacial score (nSPS) is 15.1. The zero-order valence-corrected chi connectivity index (χ0v) is 16.5. The van der Waals surface area contributed by atoms with E-state index in [0.717, 1.165) is 35.5 Å². The number of nitrogens with one attached hydrogen (secondary N) is 1. The Kier molecular flexibility index (Phi) is 4.31. The van der Waals surface area contributed by atoms with Gasteiger partial charge in [-0.2, -0.15) is 4.39 Å². The largest absolute Gasteiger partial charge is 0.490 e. The zero-order chi connectivity index (χ0) is 20.8. The third-order valence-electron chi connectivity index (χ3n) is 5.71. The minimum Gasteiger partial charge on any atom is -0.490 e. The highest BCUT2D eigenvalue weighted by Gasteiger charge is 2.20. The lowest BCUT2D eigenvalue weighted by Crippen LogP contribution is -2.31. The number of anilines is 2. The SMILES string of the molecule is CN1CCOc2cc(-c3cc(-c4ccc5c(c4)CCNC5=O)c(N)nc3F)ccc21. The molecule has 0 spiro atoms. The number of halogens is 1. The highest BCUT2D eigenvalue weighted by Crippen LogP contribution is 2.38. The lowest BCUT2D eigenvalue weighted by molar-refractivity contribution is 0.0946. The molecule has 2 aromatic carbocycles. The van der Waals surface area contributed by atoms with Gasteiger partial charge in [-0.1, -0.05) is 18.2 Å². The smallest absolute Gasteiger partial charge is 0.251 e. The predicted molar refractivity (Wildman–Crippen MR) is 114 cm³/mol. The van der Waals surface area contributed by atoms with Crippen molar-refractivity contribution < 1.29 is 13.9 Å². The molecule has 3 heterocycles. The summed E-state index contributed by atoms with van der Waals surface area (Å²) in [7, 11) is 2.00. The number of benzene rings is 2. The lowest BCUT2D eigenvalue weighted by atomic mass is 9.94. The Balaban J connectivity index is 1.60. The standard InChI is InChI=1S/C23H21FN4O2/c1-28-8-9-30-20-11-14(3-5-19(20)28)17-12-18(22(25)27-21(17)24)13-2-4-16-15(10-13)6-7-26-23(16)29/h2-5,10-12H,6-9H2,1H3,(H2,25,27)(H,26,29). The van der Waals surface area contributed by atoms with Gasteiger partial charge in [-0.25, -0.2) is 4.98 Å². The highest BCUT2D eigenvalue weighted by atomic mass is 19.1. The van der Waals surface area contributed by atoms with E-state index in [1.807, 2.05) is 37.4 Å². The minimum atomic E-state index is -0.627. The molecule has 0 atom stereocenters. The van der Waals surface area contributed by atoms with Gasteiger partial charge in [0.15, 0.2) is 0 Å². The fourth-order valence-electron chi connectivity index (χ4n) is 4.06. The Bertz CT molecular complexity index is 1180. The molecule has 1 aromatic heterocycles. The molecular formula is C23H21FN4O2. The number of pyridine rings is 1. The zero-order valence-electron chi connectivity index (χ0n) is 16.5. The van der Waals surface area contributed by atoms with Gasteiger partial charge in [0.25, 0.3) is 5.91 Å². The van der Waals surface area contributed by atoms with Crippen LogP contribution >= 0.6 is 0 Å². The number of aromatic nitrogens is 1. The first-order valence-corrected chi connectivity index (χ1v) is 9.87. The van der Waals surface area contributed by atoms with Crippen molar-refractivity contribution in [3.05, 3.63) is 59.5 Å². The Morgan fingerprint density at radius 1 is 1.10 bits per heavy atom. The molecule has 2 aliphatic heterocycles. The Morgan fingerprint density at radius 3 is 2.77 bits per heavy atom. The molecule has 0 bridgehead atoms. The van der Waals surface area contributed by atoms with E-state index >= 15 is 0 Å². The van der Waals surface area contributed by atoms with E-state index in [0.29, 0.717) is 35.4 Å². The Labute approximate surface area is 173 Å². The molecule has 2 aliphatic rings. The van der Waals surface area contributed by atoms with Gasteiger partial charge in [-0.3, -0.25) is 4.79 Å². The molecule has 0 fully saturated rings. The van der Waals surface area contributed by atoms with E-state index < -0.39 is 5.95 Å². The molecule has 3 aromatic rings. The number of hydrogen-bond donors (Lipinski definition) is 2. The molecule has 30 heavy (non-hydrogen) atoms. The Hall–Kier alpha value is -3.61. The number of fused-ring (bicyclic) bond motifs is 2. The van der Waals surface area contributed by atoms with Crippen molar-refractivity contribution in [1.29, 1.82) is 0 Å². The Morgan fingerprint density at radius 2 is 1.90 bits per heavy atom. The summed E-state index contributed by atoms with van der Waals surface area (Å²) in [5, 5.41) is 2.83. The number of nitrogens with two attached hydrogens (primary N) is 1. The summed E-state index contributed by atoms with van der Waals surface area (Å²) >= 11 is 0. The van der Waals surface area contributed by atoms with Crippen molar-refractivity contribution in [2.75, 3.05) is 37.4 Å². The van der Waals surface area contributed by atoms with Crippen molar-refractivity contribution in [3.8, 4) is 28.0 Å². The molecule has 0 saturated carbocycles. The van der Waals surface area contributed by atoms with Gasteiger partial charge < -0.3 is 20.7 Å². The van der Waals surface area contributed by atoms with Crippen molar-refractivity contribution >= 4 is 17.4 Å². The summed E-state index contributed by atoms with van der Waals surface area (Å²) < 4.78 is 20.5. The van der Waals surface area contributed by atoms with Crippen LogP contribution in [0, 0.1) is 5.95 Å². The average Bonchev–Trinajstić information content (AvgIpc) is 2.74. The van der Waals surface area contributed by atoms with Gasteiger partial charge in [0.05, 0.1) is 12.2 Å². The van der Waals surface area contributed by atoms with Crippen molar-refractivity contribution in [2.45, 2.75) is 6.42 Å².